The smallest absolute Gasteiger partial charge is 0.241 e. The van der Waals surface area contributed by atoms with Gasteiger partial charge in [-0.1, -0.05) is 16.6 Å². The van der Waals surface area contributed by atoms with E-state index in [9.17, 15) is 4.79 Å². The van der Waals surface area contributed by atoms with Crippen LogP contribution in [0.15, 0.2) is 24.3 Å². The average molecular weight is 347 g/mol. The van der Waals surface area contributed by atoms with E-state index in [-0.39, 0.29) is 18.0 Å². The monoisotopic (exact) mass is 347 g/mol. The van der Waals surface area contributed by atoms with Crippen molar-refractivity contribution in [2.24, 2.45) is 0 Å². The fourth-order valence-corrected chi connectivity index (χ4v) is 3.44. The van der Waals surface area contributed by atoms with Gasteiger partial charge >= 0.3 is 0 Å². The number of benzene rings is 1. The largest absolute Gasteiger partial charge is 0.497 e. The Morgan fingerprint density at radius 3 is 3.00 bits per heavy atom. The number of nitrogens with zero attached hydrogens (tertiary/aromatic N) is 3. The van der Waals surface area contributed by atoms with Crippen molar-refractivity contribution < 1.29 is 9.53 Å². The maximum atomic E-state index is 12.6. The van der Waals surface area contributed by atoms with Gasteiger partial charge in [-0.2, -0.15) is 0 Å². The second kappa shape index (κ2) is 7.25. The van der Waals surface area contributed by atoms with Crippen LogP contribution < -0.4 is 15.6 Å². The zero-order chi connectivity index (χ0) is 17.1. The molecule has 1 saturated heterocycles. The Hall–Kier alpha value is -2.03. The van der Waals surface area contributed by atoms with Crippen LogP contribution in [0.4, 0.5) is 0 Å². The summed E-state index contributed by atoms with van der Waals surface area (Å²) in [4.78, 5) is 15.4. The van der Waals surface area contributed by atoms with Crippen molar-refractivity contribution in [1.82, 2.24) is 25.3 Å². The summed E-state index contributed by atoms with van der Waals surface area (Å²) < 4.78 is 9.18. The lowest BCUT2D eigenvalue weighted by Gasteiger charge is -2.20. The molecule has 2 unspecified atom stereocenters. The molecule has 0 saturated carbocycles. The predicted molar refractivity (Wildman–Crippen MR) is 91.5 cm³/mol. The fraction of sp³-hybridized carbons (Fsp3) is 0.438. The minimum Gasteiger partial charge on any atom is -0.497 e. The van der Waals surface area contributed by atoms with Crippen molar-refractivity contribution in [3.63, 3.8) is 0 Å². The van der Waals surface area contributed by atoms with Gasteiger partial charge in [0, 0.05) is 13.1 Å². The van der Waals surface area contributed by atoms with Crippen LogP contribution in [0.3, 0.4) is 0 Å². The number of hydrogen-bond donors (Lipinski definition) is 2. The quantitative estimate of drug-likeness (QED) is 0.852. The van der Waals surface area contributed by atoms with Gasteiger partial charge < -0.3 is 9.64 Å². The normalized spacial score (nSPS) is 20.1. The number of likely N-dealkylation sites (N-methyl/N-ethyl adjacent to an activating group) is 1. The Morgan fingerprint density at radius 1 is 1.46 bits per heavy atom. The number of carbonyl (C=O) groups excluding carboxylic acids is 1. The highest BCUT2D eigenvalue weighted by molar-refractivity contribution is 7.05. The molecule has 7 nitrogen and oxygen atoms in total. The minimum absolute atomic E-state index is 0.0562. The predicted octanol–water partition coefficient (Wildman–Crippen LogP) is 1.42. The van der Waals surface area contributed by atoms with Crippen LogP contribution in [0, 0.1) is 6.92 Å². The van der Waals surface area contributed by atoms with E-state index in [1.165, 1.54) is 11.5 Å². The van der Waals surface area contributed by atoms with E-state index >= 15 is 0 Å². The Labute approximate surface area is 145 Å². The molecule has 0 bridgehead atoms. The summed E-state index contributed by atoms with van der Waals surface area (Å²) in [7, 11) is 3.46. The van der Waals surface area contributed by atoms with Gasteiger partial charge in [0.2, 0.25) is 5.91 Å². The van der Waals surface area contributed by atoms with Gasteiger partial charge in [-0.25, -0.2) is 10.9 Å². The van der Waals surface area contributed by atoms with Crippen LogP contribution in [0.25, 0.3) is 0 Å². The Balaban J connectivity index is 1.62. The summed E-state index contributed by atoms with van der Waals surface area (Å²) in [5.74, 6) is 0.870. The highest BCUT2D eigenvalue weighted by Crippen LogP contribution is 2.26. The molecule has 1 aromatic carbocycles. The number of aromatic nitrogens is 2. The van der Waals surface area contributed by atoms with E-state index in [0.717, 1.165) is 21.9 Å². The minimum atomic E-state index is -0.257. The van der Waals surface area contributed by atoms with Crippen molar-refractivity contribution in [3.8, 4) is 5.75 Å². The zero-order valence-electron chi connectivity index (χ0n) is 13.9. The molecule has 0 spiro atoms. The third-order valence-corrected chi connectivity index (χ3v) is 5.01. The number of amides is 1. The standard InChI is InChI=1S/C16H21N5O2S/c1-10-15(24-20-17-10)9-21(2)16(22)14-8-13(18-19-14)11-5-4-6-12(7-11)23-3/h4-7,13-14,18-19H,8-9H2,1-3H3. The third kappa shape index (κ3) is 3.55. The van der Waals surface area contributed by atoms with Gasteiger partial charge in [-0.05, 0) is 42.6 Å². The summed E-state index contributed by atoms with van der Waals surface area (Å²) >= 11 is 1.33. The van der Waals surface area contributed by atoms with E-state index in [2.05, 4.69) is 20.4 Å². The number of hydrogen-bond acceptors (Lipinski definition) is 7. The average Bonchev–Trinajstić information content (AvgIpc) is 3.24. The van der Waals surface area contributed by atoms with Crippen LogP contribution in [-0.4, -0.2) is 40.6 Å². The molecule has 8 heteroatoms. The molecule has 2 heterocycles. The lowest BCUT2D eigenvalue weighted by molar-refractivity contribution is -0.132. The number of ether oxygens (including phenoxy) is 1. The molecule has 1 amide bonds. The molecule has 3 rings (SSSR count). The molecule has 0 aliphatic carbocycles. The van der Waals surface area contributed by atoms with E-state index in [4.69, 9.17) is 4.74 Å². The van der Waals surface area contributed by atoms with Gasteiger partial charge in [0.1, 0.15) is 11.8 Å². The van der Waals surface area contributed by atoms with Crippen molar-refractivity contribution in [3.05, 3.63) is 40.4 Å². The first-order valence-electron chi connectivity index (χ1n) is 7.76. The molecular formula is C16H21N5O2S. The van der Waals surface area contributed by atoms with Gasteiger partial charge in [0.15, 0.2) is 0 Å². The number of rotatable bonds is 5. The van der Waals surface area contributed by atoms with Crippen molar-refractivity contribution in [1.29, 1.82) is 0 Å². The third-order valence-electron chi connectivity index (χ3n) is 4.20. The summed E-state index contributed by atoms with van der Waals surface area (Å²) in [5.41, 5.74) is 8.29. The molecule has 0 radical (unpaired) electrons. The molecule has 2 aromatic rings. The van der Waals surface area contributed by atoms with Crippen LogP contribution in [0.1, 0.15) is 28.6 Å². The lowest BCUT2D eigenvalue weighted by Crippen LogP contribution is -2.43. The Morgan fingerprint density at radius 2 is 2.29 bits per heavy atom. The zero-order valence-corrected chi connectivity index (χ0v) is 14.8. The molecule has 1 fully saturated rings. The van der Waals surface area contributed by atoms with Gasteiger partial charge in [0.05, 0.1) is 24.2 Å². The number of carbonyl (C=O) groups is 1. The van der Waals surface area contributed by atoms with E-state index in [0.29, 0.717) is 13.0 Å². The molecule has 24 heavy (non-hydrogen) atoms. The second-order valence-electron chi connectivity index (χ2n) is 5.88. The molecule has 128 valence electrons. The molecule has 1 aromatic heterocycles. The number of methoxy groups -OCH3 is 1. The van der Waals surface area contributed by atoms with E-state index in [1.54, 1.807) is 12.0 Å². The molecular weight excluding hydrogens is 326 g/mol. The fourth-order valence-electron chi connectivity index (χ4n) is 2.75. The molecule has 1 aliphatic heterocycles. The second-order valence-corrected chi connectivity index (χ2v) is 6.72. The van der Waals surface area contributed by atoms with Gasteiger partial charge in [-0.3, -0.25) is 4.79 Å². The van der Waals surface area contributed by atoms with Crippen molar-refractivity contribution in [2.75, 3.05) is 14.2 Å². The molecule has 1 aliphatic rings. The topological polar surface area (TPSA) is 79.4 Å². The van der Waals surface area contributed by atoms with Crippen LogP contribution in [0.5, 0.6) is 5.75 Å². The number of aryl methyl sites for hydroxylation is 1. The first-order chi connectivity index (χ1) is 11.6. The van der Waals surface area contributed by atoms with E-state index < -0.39 is 0 Å². The van der Waals surface area contributed by atoms with Crippen molar-refractivity contribution in [2.45, 2.75) is 32.0 Å². The van der Waals surface area contributed by atoms with Crippen molar-refractivity contribution >= 4 is 17.4 Å². The maximum absolute atomic E-state index is 12.6. The van der Waals surface area contributed by atoms with Crippen LogP contribution in [0.2, 0.25) is 0 Å². The SMILES string of the molecule is COc1cccc(C2CC(C(=O)N(C)Cc3snnc3C)NN2)c1. The molecule has 2 N–H and O–H groups in total. The summed E-state index contributed by atoms with van der Waals surface area (Å²) in [6, 6.07) is 7.71. The Bertz CT molecular complexity index is 720. The van der Waals surface area contributed by atoms with Crippen LogP contribution >= 0.6 is 11.5 Å². The molecule has 2 atom stereocenters. The summed E-state index contributed by atoms with van der Waals surface area (Å²) in [6.07, 6.45) is 0.691. The summed E-state index contributed by atoms with van der Waals surface area (Å²) in [6.45, 7) is 2.44. The highest BCUT2D eigenvalue weighted by Gasteiger charge is 2.32. The van der Waals surface area contributed by atoms with Crippen LogP contribution in [-0.2, 0) is 11.3 Å². The Kier molecular flexibility index (Phi) is 5.08. The number of nitrogens with one attached hydrogen (secondary N) is 2. The summed E-state index contributed by atoms with van der Waals surface area (Å²) in [5, 5.41) is 3.99. The first-order valence-corrected chi connectivity index (χ1v) is 8.53. The van der Waals surface area contributed by atoms with E-state index in [1.807, 2.05) is 38.2 Å². The lowest BCUT2D eigenvalue weighted by atomic mass is 10.0. The highest BCUT2D eigenvalue weighted by atomic mass is 32.1. The van der Waals surface area contributed by atoms with Gasteiger partial charge in [0.25, 0.3) is 0 Å². The van der Waals surface area contributed by atoms with Gasteiger partial charge in [-0.15, -0.1) is 5.10 Å². The number of hydrazine groups is 1. The maximum Gasteiger partial charge on any atom is 0.241 e. The first kappa shape index (κ1) is 16.8.